The zero-order valence-electron chi connectivity index (χ0n) is 10.7. The lowest BCUT2D eigenvalue weighted by Gasteiger charge is -2.01. The molecular formula is C13H10Cl2N2O3S. The Bertz CT molecular complexity index is 768. The van der Waals surface area contributed by atoms with Crippen molar-refractivity contribution in [2.45, 2.75) is 0 Å². The van der Waals surface area contributed by atoms with E-state index in [1.54, 1.807) is 16.7 Å². The van der Waals surface area contributed by atoms with Gasteiger partial charge in [0.15, 0.2) is 0 Å². The number of hydrogen-bond acceptors (Lipinski definition) is 5. The van der Waals surface area contributed by atoms with Gasteiger partial charge in [-0.25, -0.2) is 9.78 Å². The molecule has 0 unspecified atom stereocenters. The highest BCUT2D eigenvalue weighted by Gasteiger charge is 2.10. The molecule has 1 aromatic carbocycles. The highest BCUT2D eigenvalue weighted by molar-refractivity contribution is 7.85. The third-order valence-electron chi connectivity index (χ3n) is 2.63. The quantitative estimate of drug-likeness (QED) is 0.293. The summed E-state index contributed by atoms with van der Waals surface area (Å²) in [7, 11) is 1.20. The minimum Gasteiger partial charge on any atom is -0.506 e. The number of benzene rings is 1. The number of hydrogen-bond donors (Lipinski definition) is 2. The highest BCUT2D eigenvalue weighted by atomic mass is 35.5. The van der Waals surface area contributed by atoms with Crippen LogP contribution in [0.4, 0.5) is 0 Å². The molecule has 0 radical (unpaired) electrons. The fraction of sp³-hybridized carbons (Fsp3) is 0.0769. The van der Waals surface area contributed by atoms with Crippen molar-refractivity contribution in [3.05, 3.63) is 45.2 Å². The second kappa shape index (κ2) is 6.43. The third-order valence-corrected chi connectivity index (χ3v) is 3.77. The molecule has 2 aromatic rings. The summed E-state index contributed by atoms with van der Waals surface area (Å²) in [5, 5.41) is 10.5. The van der Waals surface area contributed by atoms with Crippen molar-refractivity contribution >= 4 is 59.0 Å². The minimum absolute atomic E-state index is 0.195. The minimum atomic E-state index is -0.731. The molecule has 1 heterocycles. The molecule has 0 aliphatic carbocycles. The number of esters is 1. The molecule has 8 heteroatoms. The first-order chi connectivity index (χ1) is 9.93. The summed E-state index contributed by atoms with van der Waals surface area (Å²) in [6, 6.07) is 3.29. The van der Waals surface area contributed by atoms with Crippen LogP contribution in [0.5, 0.6) is 0 Å². The number of allylic oxidation sites excluding steroid dienone is 1. The SMILES string of the molecule is COC(=O)/C(S)=C(O)/C=C/n1cnc2cc(Cl)c(Cl)cc21. The third kappa shape index (κ3) is 3.34. The van der Waals surface area contributed by atoms with E-state index in [0.29, 0.717) is 21.1 Å². The van der Waals surface area contributed by atoms with Gasteiger partial charge in [-0.15, -0.1) is 12.6 Å². The number of thiol groups is 1. The number of carbonyl (C=O) groups excluding carboxylic acids is 1. The van der Waals surface area contributed by atoms with Gasteiger partial charge in [-0.1, -0.05) is 23.2 Å². The van der Waals surface area contributed by atoms with Crippen LogP contribution in [-0.4, -0.2) is 27.7 Å². The zero-order chi connectivity index (χ0) is 15.6. The number of carbonyl (C=O) groups is 1. The number of imidazole rings is 1. The first-order valence-electron chi connectivity index (χ1n) is 5.64. The van der Waals surface area contributed by atoms with E-state index in [1.807, 2.05) is 0 Å². The zero-order valence-corrected chi connectivity index (χ0v) is 13.2. The molecule has 0 aliphatic rings. The van der Waals surface area contributed by atoms with Crippen LogP contribution in [0.3, 0.4) is 0 Å². The van der Waals surface area contributed by atoms with Gasteiger partial charge in [-0.3, -0.25) is 0 Å². The van der Waals surface area contributed by atoms with Crippen LogP contribution >= 0.6 is 35.8 Å². The first-order valence-corrected chi connectivity index (χ1v) is 6.84. The van der Waals surface area contributed by atoms with Gasteiger partial charge >= 0.3 is 5.97 Å². The van der Waals surface area contributed by atoms with E-state index in [1.165, 1.54) is 25.7 Å². The molecule has 1 N–H and O–H groups in total. The van der Waals surface area contributed by atoms with Crippen molar-refractivity contribution in [2.75, 3.05) is 7.11 Å². The van der Waals surface area contributed by atoms with Crippen LogP contribution in [0.2, 0.25) is 10.0 Å². The van der Waals surface area contributed by atoms with Crippen molar-refractivity contribution in [3.63, 3.8) is 0 Å². The summed E-state index contributed by atoms with van der Waals surface area (Å²) in [4.78, 5) is 15.2. The van der Waals surface area contributed by atoms with Gasteiger partial charge < -0.3 is 14.4 Å². The number of aliphatic hydroxyl groups is 1. The van der Waals surface area contributed by atoms with E-state index in [4.69, 9.17) is 23.2 Å². The van der Waals surface area contributed by atoms with Gasteiger partial charge in [-0.2, -0.15) is 0 Å². The van der Waals surface area contributed by atoms with Gasteiger partial charge in [0, 0.05) is 6.20 Å². The molecule has 0 saturated heterocycles. The van der Waals surface area contributed by atoms with Crippen molar-refractivity contribution in [1.29, 1.82) is 0 Å². The standard InChI is InChI=1S/C13H10Cl2N2O3S/c1-20-13(19)12(21)11(18)2-3-17-6-16-9-4-7(14)8(15)5-10(9)17/h2-6,18,21H,1H3/b3-2+,12-11+. The lowest BCUT2D eigenvalue weighted by Crippen LogP contribution is -2.02. The smallest absolute Gasteiger partial charge is 0.347 e. The summed E-state index contributed by atoms with van der Waals surface area (Å²) >= 11 is 15.7. The fourth-order valence-corrected chi connectivity index (χ4v) is 2.05. The number of ether oxygens (including phenoxy) is 1. The maximum atomic E-state index is 11.2. The monoisotopic (exact) mass is 344 g/mol. The summed E-state index contributed by atoms with van der Waals surface area (Å²) < 4.78 is 6.07. The number of aromatic nitrogens is 2. The van der Waals surface area contributed by atoms with Gasteiger partial charge in [0.1, 0.15) is 10.7 Å². The van der Waals surface area contributed by atoms with Crippen molar-refractivity contribution in [3.8, 4) is 0 Å². The van der Waals surface area contributed by atoms with E-state index in [0.717, 1.165) is 0 Å². The molecule has 0 atom stereocenters. The number of halogens is 2. The van der Waals surface area contributed by atoms with Crippen LogP contribution in [0.1, 0.15) is 0 Å². The molecule has 2 rings (SSSR count). The van der Waals surface area contributed by atoms with Crippen LogP contribution in [0.25, 0.3) is 17.2 Å². The summed E-state index contributed by atoms with van der Waals surface area (Å²) in [5.74, 6) is -1.06. The Hall–Kier alpha value is -1.63. The summed E-state index contributed by atoms with van der Waals surface area (Å²) in [6.45, 7) is 0. The van der Waals surface area contributed by atoms with Crippen LogP contribution in [0, 0.1) is 0 Å². The van der Waals surface area contributed by atoms with Gasteiger partial charge in [-0.05, 0) is 18.2 Å². The van der Waals surface area contributed by atoms with E-state index in [-0.39, 0.29) is 10.7 Å². The normalized spacial score (nSPS) is 12.8. The maximum absolute atomic E-state index is 11.2. The molecule has 110 valence electrons. The second-order valence-corrected chi connectivity index (χ2v) is 5.21. The molecular weight excluding hydrogens is 335 g/mol. The number of rotatable bonds is 3. The molecule has 0 spiro atoms. The molecule has 21 heavy (non-hydrogen) atoms. The predicted molar refractivity (Wildman–Crippen MR) is 85.7 cm³/mol. The topological polar surface area (TPSA) is 64.3 Å². The molecule has 0 amide bonds. The van der Waals surface area contributed by atoms with Crippen LogP contribution in [0.15, 0.2) is 35.2 Å². The molecule has 0 saturated carbocycles. The summed E-state index contributed by atoms with van der Waals surface area (Å²) in [6.07, 6.45) is 4.33. The van der Waals surface area contributed by atoms with E-state index < -0.39 is 5.97 Å². The van der Waals surface area contributed by atoms with Crippen molar-refractivity contribution < 1.29 is 14.6 Å². The van der Waals surface area contributed by atoms with Gasteiger partial charge in [0.2, 0.25) is 0 Å². The summed E-state index contributed by atoms with van der Waals surface area (Å²) in [5.41, 5.74) is 1.35. The number of nitrogens with zero attached hydrogens (tertiary/aromatic N) is 2. The van der Waals surface area contributed by atoms with Crippen LogP contribution in [-0.2, 0) is 9.53 Å². The Morgan fingerprint density at radius 3 is 2.76 bits per heavy atom. The highest BCUT2D eigenvalue weighted by Crippen LogP contribution is 2.27. The Labute approximate surface area is 135 Å². The van der Waals surface area contributed by atoms with Crippen LogP contribution < -0.4 is 0 Å². The van der Waals surface area contributed by atoms with Crippen molar-refractivity contribution in [1.82, 2.24) is 9.55 Å². The predicted octanol–water partition coefficient (Wildman–Crippen LogP) is 3.69. The lowest BCUT2D eigenvalue weighted by atomic mass is 10.3. The Kier molecular flexibility index (Phi) is 4.82. The maximum Gasteiger partial charge on any atom is 0.347 e. The number of fused-ring (bicyclic) bond motifs is 1. The largest absolute Gasteiger partial charge is 0.506 e. The average molecular weight is 345 g/mol. The van der Waals surface area contributed by atoms with E-state index >= 15 is 0 Å². The Balaban J connectivity index is 2.38. The fourth-order valence-electron chi connectivity index (χ4n) is 1.57. The van der Waals surface area contributed by atoms with E-state index in [2.05, 4.69) is 22.3 Å². The van der Waals surface area contributed by atoms with Crippen molar-refractivity contribution in [2.24, 2.45) is 0 Å². The number of methoxy groups -OCH3 is 1. The molecule has 0 aliphatic heterocycles. The Morgan fingerprint density at radius 2 is 2.10 bits per heavy atom. The molecule has 0 fully saturated rings. The average Bonchev–Trinajstić information content (AvgIpc) is 2.85. The van der Waals surface area contributed by atoms with Gasteiger partial charge in [0.25, 0.3) is 0 Å². The lowest BCUT2D eigenvalue weighted by molar-refractivity contribution is -0.135. The molecule has 5 nitrogen and oxygen atoms in total. The first kappa shape index (κ1) is 15.8. The number of aliphatic hydroxyl groups excluding tert-OH is 1. The Morgan fingerprint density at radius 1 is 1.43 bits per heavy atom. The molecule has 1 aromatic heterocycles. The second-order valence-electron chi connectivity index (χ2n) is 3.95. The van der Waals surface area contributed by atoms with Gasteiger partial charge in [0.05, 0.1) is 34.5 Å². The van der Waals surface area contributed by atoms with E-state index in [9.17, 15) is 9.90 Å². The molecule has 0 bridgehead atoms.